The molecule has 32 heavy (non-hydrogen) atoms. The standard InChI is InChI=1S/C23H31FN4O4/c1-4-6-8-14-27(19(29)12-10-16-9-11-18(32-3)17(24)15-16)20-21(25)28(13-7-5-2)23(31)26-22(20)30/h9-12,15H,4-8,13-14,25H2,1-3H3,(H,26,30,31)/b12-10+. The van der Waals surface area contributed by atoms with E-state index in [1.165, 1.54) is 40.9 Å². The highest BCUT2D eigenvalue weighted by atomic mass is 19.1. The number of amides is 1. The van der Waals surface area contributed by atoms with Crippen LogP contribution in [-0.2, 0) is 11.3 Å². The van der Waals surface area contributed by atoms with Crippen molar-refractivity contribution in [1.82, 2.24) is 9.55 Å². The molecular weight excluding hydrogens is 415 g/mol. The molecule has 0 fully saturated rings. The number of nitrogens with one attached hydrogen (secondary N) is 1. The summed E-state index contributed by atoms with van der Waals surface area (Å²) in [5.41, 5.74) is 5.28. The van der Waals surface area contributed by atoms with Crippen LogP contribution in [0.3, 0.4) is 0 Å². The number of anilines is 2. The van der Waals surface area contributed by atoms with Crippen molar-refractivity contribution in [3.63, 3.8) is 0 Å². The van der Waals surface area contributed by atoms with Crippen LogP contribution in [0.5, 0.6) is 5.75 Å². The second-order valence-corrected chi connectivity index (χ2v) is 7.42. The summed E-state index contributed by atoms with van der Waals surface area (Å²) in [5, 5.41) is 0. The molecular formula is C23H31FN4O4. The number of hydrogen-bond acceptors (Lipinski definition) is 5. The fraction of sp³-hybridized carbons (Fsp3) is 0.435. The Morgan fingerprint density at radius 3 is 2.56 bits per heavy atom. The van der Waals surface area contributed by atoms with Gasteiger partial charge in [-0.2, -0.15) is 0 Å². The van der Waals surface area contributed by atoms with Crippen molar-refractivity contribution in [2.75, 3.05) is 24.3 Å². The fourth-order valence-electron chi connectivity index (χ4n) is 3.27. The zero-order valence-corrected chi connectivity index (χ0v) is 18.8. The van der Waals surface area contributed by atoms with E-state index in [1.54, 1.807) is 6.07 Å². The third-order valence-electron chi connectivity index (χ3n) is 5.06. The third-order valence-corrected chi connectivity index (χ3v) is 5.06. The molecule has 0 aliphatic rings. The molecule has 2 rings (SSSR count). The molecule has 0 spiro atoms. The molecule has 9 heteroatoms. The first-order valence-electron chi connectivity index (χ1n) is 10.8. The zero-order chi connectivity index (χ0) is 23.7. The van der Waals surface area contributed by atoms with Crippen molar-refractivity contribution in [3.05, 3.63) is 56.5 Å². The number of aromatic amines is 1. The SMILES string of the molecule is CCCCCN(C(=O)/C=C/c1ccc(OC)c(F)c1)c1c(N)n(CCCC)c(=O)[nH]c1=O. The third kappa shape index (κ3) is 6.09. The van der Waals surface area contributed by atoms with Crippen LogP contribution in [0.25, 0.3) is 6.08 Å². The van der Waals surface area contributed by atoms with Crippen molar-refractivity contribution in [2.45, 2.75) is 52.5 Å². The lowest BCUT2D eigenvalue weighted by atomic mass is 10.2. The lowest BCUT2D eigenvalue weighted by Gasteiger charge is -2.23. The number of nitrogen functional groups attached to an aromatic ring is 1. The summed E-state index contributed by atoms with van der Waals surface area (Å²) in [7, 11) is 1.37. The molecule has 1 heterocycles. The number of benzene rings is 1. The molecule has 0 aliphatic heterocycles. The minimum Gasteiger partial charge on any atom is -0.494 e. The highest BCUT2D eigenvalue weighted by molar-refractivity contribution is 6.05. The Bertz CT molecular complexity index is 1070. The number of hydrogen-bond donors (Lipinski definition) is 2. The van der Waals surface area contributed by atoms with Gasteiger partial charge in [-0.3, -0.25) is 19.1 Å². The van der Waals surface area contributed by atoms with E-state index in [4.69, 9.17) is 10.5 Å². The molecule has 0 aliphatic carbocycles. The second kappa shape index (κ2) is 11.9. The second-order valence-electron chi connectivity index (χ2n) is 7.42. The maximum atomic E-state index is 13.9. The largest absolute Gasteiger partial charge is 0.494 e. The Hall–Kier alpha value is -3.36. The van der Waals surface area contributed by atoms with E-state index in [1.807, 2.05) is 13.8 Å². The van der Waals surface area contributed by atoms with Crippen LogP contribution >= 0.6 is 0 Å². The first-order valence-corrected chi connectivity index (χ1v) is 10.8. The molecule has 2 aromatic rings. The van der Waals surface area contributed by atoms with E-state index < -0.39 is 23.0 Å². The van der Waals surface area contributed by atoms with Crippen LogP contribution in [0.4, 0.5) is 15.9 Å². The average molecular weight is 447 g/mol. The normalized spacial score (nSPS) is 11.1. The number of H-pyrrole nitrogens is 1. The van der Waals surface area contributed by atoms with Crippen LogP contribution < -0.4 is 26.6 Å². The summed E-state index contributed by atoms with van der Waals surface area (Å²) in [4.78, 5) is 41.5. The number of halogens is 1. The summed E-state index contributed by atoms with van der Waals surface area (Å²) in [6.45, 7) is 4.59. The summed E-state index contributed by atoms with van der Waals surface area (Å²) in [6, 6.07) is 4.32. The highest BCUT2D eigenvalue weighted by Gasteiger charge is 2.22. The van der Waals surface area contributed by atoms with E-state index in [0.29, 0.717) is 24.9 Å². The van der Waals surface area contributed by atoms with Gasteiger partial charge in [-0.15, -0.1) is 0 Å². The molecule has 3 N–H and O–H groups in total. The maximum absolute atomic E-state index is 13.9. The van der Waals surface area contributed by atoms with Gasteiger partial charge in [0.05, 0.1) is 7.11 Å². The average Bonchev–Trinajstić information content (AvgIpc) is 2.76. The maximum Gasteiger partial charge on any atom is 0.330 e. The van der Waals surface area contributed by atoms with Crippen molar-refractivity contribution >= 4 is 23.5 Å². The lowest BCUT2D eigenvalue weighted by Crippen LogP contribution is -2.41. The van der Waals surface area contributed by atoms with E-state index >= 15 is 0 Å². The minimum atomic E-state index is -0.714. The van der Waals surface area contributed by atoms with Gasteiger partial charge in [0.25, 0.3) is 11.5 Å². The summed E-state index contributed by atoms with van der Waals surface area (Å²) < 4.78 is 20.1. The van der Waals surface area contributed by atoms with Gasteiger partial charge >= 0.3 is 5.69 Å². The summed E-state index contributed by atoms with van der Waals surface area (Å²) >= 11 is 0. The zero-order valence-electron chi connectivity index (χ0n) is 18.8. The first kappa shape index (κ1) is 24.9. The van der Waals surface area contributed by atoms with Gasteiger partial charge in [-0.1, -0.05) is 39.2 Å². The predicted molar refractivity (Wildman–Crippen MR) is 125 cm³/mol. The van der Waals surface area contributed by atoms with E-state index in [2.05, 4.69) is 4.98 Å². The summed E-state index contributed by atoms with van der Waals surface area (Å²) in [5.74, 6) is -0.981. The Labute approximate surface area is 186 Å². The van der Waals surface area contributed by atoms with E-state index in [9.17, 15) is 18.8 Å². The summed E-state index contributed by atoms with van der Waals surface area (Å²) in [6.07, 6.45) is 6.67. The number of nitrogens with two attached hydrogens (primary N) is 1. The van der Waals surface area contributed by atoms with E-state index in [0.717, 1.165) is 19.3 Å². The van der Waals surface area contributed by atoms with Gasteiger partial charge in [0.1, 0.15) is 5.82 Å². The number of methoxy groups -OCH3 is 1. The minimum absolute atomic E-state index is 0.0408. The van der Waals surface area contributed by atoms with Gasteiger partial charge in [0.15, 0.2) is 17.3 Å². The smallest absolute Gasteiger partial charge is 0.330 e. The number of carbonyl (C=O) groups excluding carboxylic acids is 1. The van der Waals surface area contributed by atoms with Gasteiger partial charge in [0, 0.05) is 19.2 Å². The predicted octanol–water partition coefficient (Wildman–Crippen LogP) is 3.30. The van der Waals surface area contributed by atoms with Crippen molar-refractivity contribution < 1.29 is 13.9 Å². The molecule has 0 atom stereocenters. The van der Waals surface area contributed by atoms with Crippen LogP contribution in [0.1, 0.15) is 51.5 Å². The first-order chi connectivity index (χ1) is 15.3. The Morgan fingerprint density at radius 1 is 1.22 bits per heavy atom. The molecule has 174 valence electrons. The van der Waals surface area contributed by atoms with Crippen LogP contribution in [0, 0.1) is 5.82 Å². The van der Waals surface area contributed by atoms with E-state index in [-0.39, 0.29) is 23.8 Å². The molecule has 1 aromatic heterocycles. The Kier molecular flexibility index (Phi) is 9.24. The molecule has 0 radical (unpaired) electrons. The molecule has 8 nitrogen and oxygen atoms in total. The highest BCUT2D eigenvalue weighted by Crippen LogP contribution is 2.21. The van der Waals surface area contributed by atoms with Gasteiger partial charge in [-0.05, 0) is 36.6 Å². The number of nitrogens with zero attached hydrogens (tertiary/aromatic N) is 2. The lowest BCUT2D eigenvalue weighted by molar-refractivity contribution is -0.114. The number of rotatable bonds is 11. The fourth-order valence-corrected chi connectivity index (χ4v) is 3.27. The molecule has 0 bridgehead atoms. The van der Waals surface area contributed by atoms with Gasteiger partial charge in [-0.25, -0.2) is 9.18 Å². The van der Waals surface area contributed by atoms with Crippen LogP contribution in [0.15, 0.2) is 33.9 Å². The van der Waals surface area contributed by atoms with Crippen molar-refractivity contribution in [2.24, 2.45) is 0 Å². The molecule has 1 amide bonds. The van der Waals surface area contributed by atoms with Gasteiger partial charge in [0.2, 0.25) is 0 Å². The number of carbonyl (C=O) groups is 1. The molecule has 0 saturated carbocycles. The van der Waals surface area contributed by atoms with Gasteiger partial charge < -0.3 is 15.4 Å². The van der Waals surface area contributed by atoms with Crippen molar-refractivity contribution in [1.29, 1.82) is 0 Å². The number of ether oxygens (including phenoxy) is 1. The molecule has 0 unspecified atom stereocenters. The van der Waals surface area contributed by atoms with Crippen LogP contribution in [0.2, 0.25) is 0 Å². The number of unbranched alkanes of at least 4 members (excludes halogenated alkanes) is 3. The molecule has 1 aromatic carbocycles. The Balaban J connectivity index is 2.43. The topological polar surface area (TPSA) is 110 Å². The number of aromatic nitrogens is 2. The molecule has 0 saturated heterocycles. The quantitative estimate of drug-likeness (QED) is 0.406. The Morgan fingerprint density at radius 2 is 1.94 bits per heavy atom. The monoisotopic (exact) mass is 446 g/mol. The van der Waals surface area contributed by atoms with Crippen molar-refractivity contribution in [3.8, 4) is 5.75 Å². The van der Waals surface area contributed by atoms with Crippen LogP contribution in [-0.4, -0.2) is 29.1 Å².